The van der Waals surface area contributed by atoms with Crippen molar-refractivity contribution < 1.29 is 23.9 Å². The Bertz CT molecular complexity index is 1320. The van der Waals surface area contributed by atoms with Gasteiger partial charge in [0.25, 0.3) is 11.8 Å². The first-order valence-electron chi connectivity index (χ1n) is 12.0. The maximum absolute atomic E-state index is 13.6. The Kier molecular flexibility index (Phi) is 8.04. The minimum Gasteiger partial charge on any atom is -0.462 e. The van der Waals surface area contributed by atoms with Crippen molar-refractivity contribution in [1.82, 2.24) is 4.90 Å². The summed E-state index contributed by atoms with van der Waals surface area (Å²) < 4.78 is 4.99. The molecular weight excluding hydrogens is 492 g/mol. The summed E-state index contributed by atoms with van der Waals surface area (Å²) in [6.45, 7) is 4.11. The largest absolute Gasteiger partial charge is 0.462 e. The second kappa shape index (κ2) is 11.4. The van der Waals surface area contributed by atoms with Crippen LogP contribution < -0.4 is 4.90 Å². The first kappa shape index (κ1) is 26.1. The average molecular weight is 519 g/mol. The highest BCUT2D eigenvalue weighted by Crippen LogP contribution is 2.28. The number of rotatable bonds is 8. The number of hydrogen-bond acceptors (Lipinski definition) is 5. The van der Waals surface area contributed by atoms with E-state index in [2.05, 4.69) is 0 Å². The molecule has 8 heteroatoms. The monoisotopic (exact) mass is 518 g/mol. The average Bonchev–Trinajstić information content (AvgIpc) is 3.18. The van der Waals surface area contributed by atoms with Crippen LogP contribution in [-0.4, -0.2) is 47.8 Å². The summed E-state index contributed by atoms with van der Waals surface area (Å²) in [5, 5.41) is 0.582. The summed E-state index contributed by atoms with van der Waals surface area (Å²) in [6, 6.07) is 19.5. The molecule has 1 aliphatic heterocycles. The van der Waals surface area contributed by atoms with E-state index in [1.807, 2.05) is 37.3 Å². The van der Waals surface area contributed by atoms with Gasteiger partial charge >= 0.3 is 5.97 Å². The zero-order chi connectivity index (χ0) is 26.5. The van der Waals surface area contributed by atoms with Gasteiger partial charge in [-0.2, -0.15) is 0 Å². The van der Waals surface area contributed by atoms with Crippen molar-refractivity contribution in [3.63, 3.8) is 0 Å². The molecule has 4 rings (SSSR count). The van der Waals surface area contributed by atoms with Gasteiger partial charge in [0, 0.05) is 17.1 Å². The number of aryl methyl sites for hydroxylation is 1. The van der Waals surface area contributed by atoms with Crippen LogP contribution in [0.1, 0.15) is 45.2 Å². The molecule has 0 aromatic heterocycles. The molecule has 1 saturated heterocycles. The molecule has 1 unspecified atom stereocenters. The number of imide groups is 1. The lowest BCUT2D eigenvalue weighted by Gasteiger charge is -2.28. The Morgan fingerprint density at radius 2 is 1.68 bits per heavy atom. The van der Waals surface area contributed by atoms with E-state index in [0.29, 0.717) is 28.3 Å². The van der Waals surface area contributed by atoms with E-state index in [1.54, 1.807) is 25.1 Å². The fourth-order valence-corrected chi connectivity index (χ4v) is 4.51. The Hall–Kier alpha value is -3.97. The number of halogens is 1. The van der Waals surface area contributed by atoms with Gasteiger partial charge in [0.15, 0.2) is 0 Å². The second-order valence-corrected chi connectivity index (χ2v) is 9.24. The van der Waals surface area contributed by atoms with Gasteiger partial charge in [-0.25, -0.2) is 9.69 Å². The minimum atomic E-state index is -0.953. The van der Waals surface area contributed by atoms with E-state index >= 15 is 0 Å². The number of carbonyl (C=O) groups excluding carboxylic acids is 4. The number of esters is 1. The van der Waals surface area contributed by atoms with Gasteiger partial charge in [-0.15, -0.1) is 0 Å². The number of benzene rings is 3. The maximum Gasteiger partial charge on any atom is 0.338 e. The summed E-state index contributed by atoms with van der Waals surface area (Å²) in [4.78, 5) is 54.6. The van der Waals surface area contributed by atoms with Crippen molar-refractivity contribution >= 4 is 41.0 Å². The Morgan fingerprint density at radius 1 is 1.00 bits per heavy atom. The van der Waals surface area contributed by atoms with E-state index in [9.17, 15) is 19.2 Å². The van der Waals surface area contributed by atoms with Crippen LogP contribution in [0.3, 0.4) is 0 Å². The van der Waals surface area contributed by atoms with Crippen LogP contribution in [0.15, 0.2) is 72.8 Å². The number of anilines is 1. The van der Waals surface area contributed by atoms with Crippen molar-refractivity contribution in [2.75, 3.05) is 18.1 Å². The van der Waals surface area contributed by atoms with Crippen LogP contribution >= 0.6 is 11.6 Å². The third-order valence-electron chi connectivity index (χ3n) is 6.23. The van der Waals surface area contributed by atoms with Crippen molar-refractivity contribution in [2.45, 2.75) is 32.7 Å². The normalized spacial score (nSPS) is 15.1. The minimum absolute atomic E-state index is 0.133. The van der Waals surface area contributed by atoms with Gasteiger partial charge in [-0.05, 0) is 74.4 Å². The molecule has 37 heavy (non-hydrogen) atoms. The molecule has 1 atom stereocenters. The van der Waals surface area contributed by atoms with Crippen LogP contribution in [0, 0.1) is 6.92 Å². The Balaban J connectivity index is 1.60. The molecule has 0 spiro atoms. The number of carbonyl (C=O) groups is 4. The van der Waals surface area contributed by atoms with Gasteiger partial charge in [-0.1, -0.05) is 41.4 Å². The molecule has 3 aromatic carbocycles. The van der Waals surface area contributed by atoms with Gasteiger partial charge in [0.05, 0.1) is 24.3 Å². The lowest BCUT2D eigenvalue weighted by Crippen LogP contribution is -2.46. The van der Waals surface area contributed by atoms with Crippen LogP contribution in [0.2, 0.25) is 5.02 Å². The van der Waals surface area contributed by atoms with E-state index in [0.717, 1.165) is 16.0 Å². The molecule has 0 bridgehead atoms. The molecule has 7 nitrogen and oxygen atoms in total. The first-order chi connectivity index (χ1) is 17.8. The van der Waals surface area contributed by atoms with E-state index in [-0.39, 0.29) is 25.5 Å². The smallest absolute Gasteiger partial charge is 0.338 e. The van der Waals surface area contributed by atoms with Crippen LogP contribution in [0.25, 0.3) is 0 Å². The van der Waals surface area contributed by atoms with Crippen molar-refractivity contribution in [2.24, 2.45) is 0 Å². The quantitative estimate of drug-likeness (QED) is 0.314. The SMILES string of the molecule is CCOC(=O)c1ccc(N2C(=O)CC(N(CCc3cccc(Cl)c3)C(=O)c3ccc(C)cc3)C2=O)cc1. The Morgan fingerprint density at radius 3 is 2.32 bits per heavy atom. The number of hydrogen-bond donors (Lipinski definition) is 0. The van der Waals surface area contributed by atoms with Crippen LogP contribution in [0.4, 0.5) is 5.69 Å². The predicted molar refractivity (Wildman–Crippen MR) is 141 cm³/mol. The zero-order valence-electron chi connectivity index (χ0n) is 20.6. The fraction of sp³-hybridized carbons (Fsp3) is 0.241. The fourth-order valence-electron chi connectivity index (χ4n) is 4.29. The summed E-state index contributed by atoms with van der Waals surface area (Å²) in [6.07, 6.45) is 0.329. The maximum atomic E-state index is 13.6. The number of amides is 3. The van der Waals surface area contributed by atoms with Gasteiger partial charge < -0.3 is 9.64 Å². The highest BCUT2D eigenvalue weighted by atomic mass is 35.5. The van der Waals surface area contributed by atoms with Crippen LogP contribution in [-0.2, 0) is 20.7 Å². The molecule has 0 aliphatic carbocycles. The molecule has 3 amide bonds. The topological polar surface area (TPSA) is 84.0 Å². The molecule has 0 radical (unpaired) electrons. The third-order valence-corrected chi connectivity index (χ3v) is 6.46. The standard InChI is InChI=1S/C29H27ClN2O5/c1-3-37-29(36)22-11-13-24(14-12-22)32-26(33)18-25(28(32)35)31(16-15-20-5-4-6-23(30)17-20)27(34)21-9-7-19(2)8-10-21/h4-14,17,25H,3,15-16,18H2,1-2H3. The highest BCUT2D eigenvalue weighted by Gasteiger charge is 2.44. The van der Waals surface area contributed by atoms with Crippen molar-refractivity contribution in [3.8, 4) is 0 Å². The third kappa shape index (κ3) is 5.89. The lowest BCUT2D eigenvalue weighted by molar-refractivity contribution is -0.122. The predicted octanol–water partition coefficient (Wildman–Crippen LogP) is 4.84. The van der Waals surface area contributed by atoms with Crippen LogP contribution in [0.5, 0.6) is 0 Å². The van der Waals surface area contributed by atoms with E-state index in [4.69, 9.17) is 16.3 Å². The molecule has 190 valence electrons. The summed E-state index contributed by atoms with van der Waals surface area (Å²) in [5.41, 5.74) is 3.01. The van der Waals surface area contributed by atoms with E-state index < -0.39 is 23.8 Å². The van der Waals surface area contributed by atoms with Gasteiger partial charge in [0.2, 0.25) is 5.91 Å². The number of nitrogens with zero attached hydrogens (tertiary/aromatic N) is 2. The highest BCUT2D eigenvalue weighted by molar-refractivity contribution is 6.30. The number of ether oxygens (including phenoxy) is 1. The molecule has 3 aromatic rings. The summed E-state index contributed by atoms with van der Waals surface area (Å²) in [7, 11) is 0. The first-order valence-corrected chi connectivity index (χ1v) is 12.4. The lowest BCUT2D eigenvalue weighted by atomic mass is 10.1. The van der Waals surface area contributed by atoms with Gasteiger partial charge in [0.1, 0.15) is 6.04 Å². The second-order valence-electron chi connectivity index (χ2n) is 8.80. The zero-order valence-corrected chi connectivity index (χ0v) is 21.4. The molecule has 0 saturated carbocycles. The molecule has 1 aliphatic rings. The summed E-state index contributed by atoms with van der Waals surface area (Å²) in [5.74, 6) is -1.71. The summed E-state index contributed by atoms with van der Waals surface area (Å²) >= 11 is 6.12. The van der Waals surface area contributed by atoms with Crippen molar-refractivity contribution in [1.29, 1.82) is 0 Å². The van der Waals surface area contributed by atoms with Gasteiger partial charge in [-0.3, -0.25) is 14.4 Å². The van der Waals surface area contributed by atoms with E-state index in [1.165, 1.54) is 29.2 Å². The Labute approximate surface area is 220 Å². The molecule has 1 fully saturated rings. The molecule has 1 heterocycles. The van der Waals surface area contributed by atoms with Crippen molar-refractivity contribution in [3.05, 3.63) is 100 Å². The molecular formula is C29H27ClN2O5. The molecule has 0 N–H and O–H groups in total.